The predicted octanol–water partition coefficient (Wildman–Crippen LogP) is 3.59. The summed E-state index contributed by atoms with van der Waals surface area (Å²) in [5.74, 6) is 0. The fraction of sp³-hybridized carbons (Fsp3) is 0.538. The Balaban J connectivity index is 3.34. The average Bonchev–Trinajstić information content (AvgIpc) is 2.25. The summed E-state index contributed by atoms with van der Waals surface area (Å²) in [6.07, 6.45) is 2.87. The first-order chi connectivity index (χ1) is 8.62. The van der Waals surface area contributed by atoms with Crippen LogP contribution in [0.4, 0.5) is 0 Å². The van der Waals surface area contributed by atoms with Gasteiger partial charge in [0.15, 0.2) is 0 Å². The topological polar surface area (TPSA) is 72.5 Å². The molecule has 6 heteroatoms. The summed E-state index contributed by atoms with van der Waals surface area (Å²) in [7, 11) is -4.02. The molecule has 0 heterocycles. The van der Waals surface area contributed by atoms with Gasteiger partial charge in [-0.15, -0.1) is 11.8 Å². The van der Waals surface area contributed by atoms with Crippen molar-refractivity contribution in [2.24, 2.45) is 5.50 Å². The Morgan fingerprint density at radius 2 is 2.05 bits per heavy atom. The van der Waals surface area contributed by atoms with Crippen LogP contribution in [0.3, 0.4) is 0 Å². The van der Waals surface area contributed by atoms with E-state index in [-0.39, 0.29) is 0 Å². The Morgan fingerprint density at radius 3 is 2.47 bits per heavy atom. The van der Waals surface area contributed by atoms with Gasteiger partial charge in [0.2, 0.25) is 0 Å². The van der Waals surface area contributed by atoms with Crippen LogP contribution < -0.4 is 5.50 Å². The molecule has 19 heavy (non-hydrogen) atoms. The van der Waals surface area contributed by atoms with E-state index in [0.29, 0.717) is 0 Å². The minimum atomic E-state index is -4.02. The zero-order valence-electron chi connectivity index (χ0n) is 12.1. The van der Waals surface area contributed by atoms with Crippen LogP contribution in [0.5, 0.6) is 0 Å². The molecule has 0 aromatic heterocycles. The lowest BCUT2D eigenvalue weighted by molar-refractivity contribution is 0.0901. The third-order valence-corrected chi connectivity index (χ3v) is 4.73. The fourth-order valence-electron chi connectivity index (χ4n) is 2.35. The highest BCUT2D eigenvalue weighted by molar-refractivity contribution is 7.98. The molecule has 0 spiro atoms. The molecule has 0 saturated heterocycles. The zero-order chi connectivity index (χ0) is 14.8. The van der Waals surface area contributed by atoms with Crippen molar-refractivity contribution in [3.8, 4) is 0 Å². The second-order valence-corrected chi connectivity index (χ2v) is 7.10. The van der Waals surface area contributed by atoms with Crippen LogP contribution in [0.1, 0.15) is 37.5 Å². The summed E-state index contributed by atoms with van der Waals surface area (Å²) < 4.78 is 16.5. The van der Waals surface area contributed by atoms with Gasteiger partial charge < -0.3 is 4.89 Å². The van der Waals surface area contributed by atoms with Gasteiger partial charge in [-0.3, -0.25) is 4.52 Å². The van der Waals surface area contributed by atoms with Gasteiger partial charge in [-0.25, -0.2) is 10.1 Å². The summed E-state index contributed by atoms with van der Waals surface area (Å²) in [5.41, 5.74) is 7.47. The van der Waals surface area contributed by atoms with Crippen molar-refractivity contribution in [2.45, 2.75) is 44.6 Å². The van der Waals surface area contributed by atoms with E-state index in [1.165, 1.54) is 10.5 Å². The minimum Gasteiger partial charge on any atom is -0.313 e. The van der Waals surface area contributed by atoms with E-state index < -0.39 is 13.3 Å². The van der Waals surface area contributed by atoms with Gasteiger partial charge in [-0.05, 0) is 56.2 Å². The molecule has 1 aromatic carbocycles. The van der Waals surface area contributed by atoms with E-state index in [0.717, 1.165) is 17.5 Å². The van der Waals surface area contributed by atoms with Crippen LogP contribution >= 0.6 is 19.5 Å². The number of benzene rings is 1. The Morgan fingerprint density at radius 1 is 1.47 bits per heavy atom. The third-order valence-electron chi connectivity index (χ3n) is 3.13. The molecule has 1 rings (SSSR count). The van der Waals surface area contributed by atoms with E-state index in [9.17, 15) is 9.46 Å². The molecule has 0 aliphatic rings. The Labute approximate surface area is 119 Å². The van der Waals surface area contributed by atoms with E-state index in [1.807, 2.05) is 18.4 Å². The van der Waals surface area contributed by atoms with Gasteiger partial charge in [0.25, 0.3) is 0 Å². The van der Waals surface area contributed by atoms with Gasteiger partial charge >= 0.3 is 7.75 Å². The average molecular weight is 303 g/mol. The van der Waals surface area contributed by atoms with Crippen LogP contribution in [0.15, 0.2) is 17.0 Å². The lowest BCUT2D eigenvalue weighted by Gasteiger charge is -2.30. The summed E-state index contributed by atoms with van der Waals surface area (Å²) in [6, 6.07) is 3.96. The van der Waals surface area contributed by atoms with Crippen molar-refractivity contribution in [3.05, 3.63) is 28.8 Å². The monoisotopic (exact) mass is 303 g/mol. The molecule has 1 aromatic rings. The van der Waals surface area contributed by atoms with Crippen molar-refractivity contribution < 1.29 is 14.0 Å². The highest BCUT2D eigenvalue weighted by Gasteiger charge is 2.31. The van der Waals surface area contributed by atoms with Crippen molar-refractivity contribution in [3.63, 3.8) is 0 Å². The lowest BCUT2D eigenvalue weighted by atomic mass is 9.89. The molecule has 0 aliphatic heterocycles. The number of rotatable bonds is 5. The summed E-state index contributed by atoms with van der Waals surface area (Å²) in [5, 5.41) is 0. The highest BCUT2D eigenvalue weighted by Crippen LogP contribution is 2.44. The Bertz CT molecular complexity index is 511. The lowest BCUT2D eigenvalue weighted by Crippen LogP contribution is -2.24. The maximum absolute atomic E-state index is 11.3. The Hall–Kier alpha value is -0.320. The van der Waals surface area contributed by atoms with Gasteiger partial charge in [0, 0.05) is 4.90 Å². The van der Waals surface area contributed by atoms with Crippen LogP contribution in [-0.4, -0.2) is 11.1 Å². The van der Waals surface area contributed by atoms with Gasteiger partial charge in [-0.2, -0.15) is 0 Å². The second-order valence-electron chi connectivity index (χ2n) is 4.94. The zero-order valence-corrected chi connectivity index (χ0v) is 13.8. The molecule has 0 saturated carbocycles. The van der Waals surface area contributed by atoms with E-state index >= 15 is 0 Å². The fourth-order valence-corrected chi connectivity index (χ4v) is 3.74. The van der Waals surface area contributed by atoms with E-state index in [1.54, 1.807) is 25.6 Å². The van der Waals surface area contributed by atoms with Crippen LogP contribution in [0.25, 0.3) is 0 Å². The quantitative estimate of drug-likeness (QED) is 0.642. The first-order valence-corrected chi connectivity index (χ1v) is 8.98. The predicted molar refractivity (Wildman–Crippen MR) is 80.5 cm³/mol. The first kappa shape index (κ1) is 16.7. The molecule has 0 fully saturated rings. The van der Waals surface area contributed by atoms with Crippen molar-refractivity contribution >= 4 is 19.5 Å². The standard InChI is InChI=1S/C13H22NO3PS/c1-6-10-9(2)12(19-5)8-7-11(10)13(3,4)17-18(14,15)16/h7-8H,6H2,1-5H3,(H3,14,15,16). The highest BCUT2D eigenvalue weighted by atomic mass is 32.2. The summed E-state index contributed by atoms with van der Waals surface area (Å²) in [4.78, 5) is 10.5. The summed E-state index contributed by atoms with van der Waals surface area (Å²) >= 11 is 1.69. The van der Waals surface area contributed by atoms with E-state index in [2.05, 4.69) is 13.8 Å². The van der Waals surface area contributed by atoms with Gasteiger partial charge in [0.1, 0.15) is 0 Å². The number of nitrogens with two attached hydrogens (primary N) is 1. The molecule has 1 atom stereocenters. The molecular formula is C13H22NO3PS. The molecule has 108 valence electrons. The number of thioether (sulfide) groups is 1. The van der Waals surface area contributed by atoms with Crippen LogP contribution in [-0.2, 0) is 21.1 Å². The van der Waals surface area contributed by atoms with Crippen LogP contribution in [0.2, 0.25) is 0 Å². The number of hydrogen-bond donors (Lipinski definition) is 2. The maximum atomic E-state index is 11.3. The van der Waals surface area contributed by atoms with Crippen molar-refractivity contribution in [2.75, 3.05) is 6.26 Å². The van der Waals surface area contributed by atoms with Gasteiger partial charge in [-0.1, -0.05) is 13.0 Å². The van der Waals surface area contributed by atoms with E-state index in [4.69, 9.17) is 10.0 Å². The first-order valence-electron chi connectivity index (χ1n) is 6.11. The van der Waals surface area contributed by atoms with Crippen molar-refractivity contribution in [1.29, 1.82) is 0 Å². The molecule has 0 radical (unpaired) electrons. The van der Waals surface area contributed by atoms with Gasteiger partial charge in [0.05, 0.1) is 5.60 Å². The molecule has 0 bridgehead atoms. The number of hydrogen-bond acceptors (Lipinski definition) is 3. The van der Waals surface area contributed by atoms with Crippen molar-refractivity contribution in [1.82, 2.24) is 0 Å². The Kier molecular flexibility index (Phi) is 5.27. The minimum absolute atomic E-state index is 0.836. The molecule has 1 unspecified atom stereocenters. The second kappa shape index (κ2) is 5.98. The summed E-state index contributed by atoms with van der Waals surface area (Å²) in [6.45, 7) is 7.64. The normalized spacial score (nSPS) is 15.3. The molecule has 0 aliphatic carbocycles. The smallest absolute Gasteiger partial charge is 0.313 e. The SMILES string of the molecule is CCc1c(C(C)(C)OP(N)(=O)O)ccc(SC)c1C. The third kappa shape index (κ3) is 4.07. The largest absolute Gasteiger partial charge is 0.401 e. The molecule has 4 nitrogen and oxygen atoms in total. The molecular weight excluding hydrogens is 281 g/mol. The molecule has 0 amide bonds. The maximum Gasteiger partial charge on any atom is 0.401 e. The molecule has 3 N–H and O–H groups in total. The van der Waals surface area contributed by atoms with Crippen LogP contribution in [0, 0.1) is 6.92 Å².